The van der Waals surface area contributed by atoms with Gasteiger partial charge in [0.05, 0.1) is 6.61 Å². The third kappa shape index (κ3) is 1.43. The molecule has 0 amide bonds. The van der Waals surface area contributed by atoms with Crippen molar-refractivity contribution in [2.75, 3.05) is 26.9 Å². The number of likely N-dealkylation sites (N-methyl/N-ethyl adjacent to an activating group) is 1. The minimum atomic E-state index is 0.663. The van der Waals surface area contributed by atoms with Crippen LogP contribution in [0.25, 0.3) is 0 Å². The average Bonchev–Trinajstić information content (AvgIpc) is 1.69. The first-order valence-corrected chi connectivity index (χ1v) is 2.42. The van der Waals surface area contributed by atoms with Crippen LogP contribution in [-0.4, -0.2) is 31.9 Å². The maximum absolute atomic E-state index is 4.99. The minimum absolute atomic E-state index is 0.663. The second-order valence-corrected chi connectivity index (χ2v) is 1.63. The van der Waals surface area contributed by atoms with Crippen LogP contribution in [0.3, 0.4) is 0 Å². The molecule has 1 heterocycles. The fraction of sp³-hybridized carbons (Fsp3) is 1.00. The Morgan fingerprint density at radius 2 is 2.57 bits per heavy atom. The maximum Gasteiger partial charge on any atom is 0.109 e. The van der Waals surface area contributed by atoms with E-state index in [1.165, 1.54) is 0 Å². The topological polar surface area (TPSA) is 24.5 Å². The van der Waals surface area contributed by atoms with Gasteiger partial charge in [-0.1, -0.05) is 0 Å². The highest BCUT2D eigenvalue weighted by Crippen LogP contribution is 1.83. The fourth-order valence-electron chi connectivity index (χ4n) is 0.509. The molecule has 3 nitrogen and oxygen atoms in total. The Morgan fingerprint density at radius 1 is 1.71 bits per heavy atom. The lowest BCUT2D eigenvalue weighted by Crippen LogP contribution is -2.43. The van der Waals surface area contributed by atoms with E-state index < -0.39 is 0 Å². The Bertz CT molecular complexity index is 51.7. The summed E-state index contributed by atoms with van der Waals surface area (Å²) in [4.78, 5) is 0. The maximum atomic E-state index is 4.99. The molecule has 1 aliphatic rings. The van der Waals surface area contributed by atoms with E-state index >= 15 is 0 Å². The number of ether oxygens (including phenoxy) is 1. The number of hydrazine groups is 1. The summed E-state index contributed by atoms with van der Waals surface area (Å²) in [5.74, 6) is 0. The monoisotopic (exact) mass is 102 g/mol. The Hall–Kier alpha value is -0.120. The van der Waals surface area contributed by atoms with Gasteiger partial charge >= 0.3 is 0 Å². The van der Waals surface area contributed by atoms with Gasteiger partial charge < -0.3 is 4.74 Å². The van der Waals surface area contributed by atoms with Crippen molar-refractivity contribution < 1.29 is 4.74 Å². The first-order chi connectivity index (χ1) is 3.39. The van der Waals surface area contributed by atoms with Gasteiger partial charge in [0.25, 0.3) is 0 Å². The van der Waals surface area contributed by atoms with Gasteiger partial charge in [0.1, 0.15) is 6.73 Å². The van der Waals surface area contributed by atoms with Crippen molar-refractivity contribution in [3.63, 3.8) is 0 Å². The quantitative estimate of drug-likeness (QED) is 0.442. The van der Waals surface area contributed by atoms with Gasteiger partial charge in [0, 0.05) is 13.6 Å². The number of nitrogens with one attached hydrogen (secondary N) is 1. The molecule has 0 atom stereocenters. The Kier molecular flexibility index (Phi) is 1.62. The molecule has 0 saturated carbocycles. The van der Waals surface area contributed by atoms with Crippen LogP contribution in [0.5, 0.6) is 0 Å². The third-order valence-corrected chi connectivity index (χ3v) is 1.01. The van der Waals surface area contributed by atoms with Crippen LogP contribution < -0.4 is 5.43 Å². The summed E-state index contributed by atoms with van der Waals surface area (Å²) in [5, 5.41) is 2.02. The first-order valence-electron chi connectivity index (χ1n) is 2.42. The molecule has 1 N–H and O–H groups in total. The number of rotatable bonds is 0. The van der Waals surface area contributed by atoms with Gasteiger partial charge in [-0.05, 0) is 0 Å². The smallest absolute Gasteiger partial charge is 0.109 e. The van der Waals surface area contributed by atoms with Crippen LogP contribution in [0, 0.1) is 0 Å². The van der Waals surface area contributed by atoms with Crippen molar-refractivity contribution in [2.24, 2.45) is 0 Å². The summed E-state index contributed by atoms with van der Waals surface area (Å²) in [5.41, 5.74) is 2.99. The standard InChI is InChI=1S/C4H10N2O/c1-6-2-3-7-4-5-6/h5H,2-4H2,1H3. The molecule has 3 heteroatoms. The molecule has 42 valence electrons. The van der Waals surface area contributed by atoms with E-state index in [4.69, 9.17) is 4.74 Å². The molecule has 0 radical (unpaired) electrons. The highest BCUT2D eigenvalue weighted by atomic mass is 16.5. The molecule has 0 aromatic heterocycles. The SMILES string of the molecule is CN1CCOCN1. The first kappa shape index (κ1) is 5.03. The van der Waals surface area contributed by atoms with E-state index in [0.29, 0.717) is 6.73 Å². The molecule has 0 aliphatic carbocycles. The van der Waals surface area contributed by atoms with Crippen LogP contribution in [0.2, 0.25) is 0 Å². The van der Waals surface area contributed by atoms with Gasteiger partial charge in [-0.3, -0.25) is 0 Å². The highest BCUT2D eigenvalue weighted by molar-refractivity contribution is 4.44. The molecule has 0 aromatic carbocycles. The lowest BCUT2D eigenvalue weighted by atomic mass is 10.6. The summed E-state index contributed by atoms with van der Waals surface area (Å²) in [6.45, 7) is 2.50. The molecular formula is C4H10N2O. The predicted octanol–water partition coefficient (Wildman–Crippen LogP) is -0.590. The molecule has 0 aromatic rings. The molecule has 0 bridgehead atoms. The predicted molar refractivity (Wildman–Crippen MR) is 26.6 cm³/mol. The van der Waals surface area contributed by atoms with Crippen molar-refractivity contribution >= 4 is 0 Å². The molecule has 0 unspecified atom stereocenters. The molecule has 1 rings (SSSR count). The lowest BCUT2D eigenvalue weighted by Gasteiger charge is -2.22. The Balaban J connectivity index is 2.12. The molecular weight excluding hydrogens is 92.1 g/mol. The molecule has 0 spiro atoms. The van der Waals surface area contributed by atoms with Crippen molar-refractivity contribution in [1.82, 2.24) is 10.4 Å². The molecule has 1 aliphatic heterocycles. The van der Waals surface area contributed by atoms with E-state index in [-0.39, 0.29) is 0 Å². The Labute approximate surface area is 43.2 Å². The van der Waals surface area contributed by atoms with Crippen LogP contribution in [-0.2, 0) is 4.74 Å². The summed E-state index contributed by atoms with van der Waals surface area (Å²) in [6.07, 6.45) is 0. The van der Waals surface area contributed by atoms with Crippen molar-refractivity contribution in [3.05, 3.63) is 0 Å². The minimum Gasteiger partial charge on any atom is -0.364 e. The molecule has 7 heavy (non-hydrogen) atoms. The van der Waals surface area contributed by atoms with Crippen LogP contribution in [0.15, 0.2) is 0 Å². The largest absolute Gasteiger partial charge is 0.364 e. The lowest BCUT2D eigenvalue weighted by molar-refractivity contribution is -0.00503. The fourth-order valence-corrected chi connectivity index (χ4v) is 0.509. The number of hydrogen-bond acceptors (Lipinski definition) is 3. The molecule has 1 fully saturated rings. The molecule has 1 saturated heterocycles. The van der Waals surface area contributed by atoms with Crippen molar-refractivity contribution in [1.29, 1.82) is 0 Å². The second-order valence-electron chi connectivity index (χ2n) is 1.63. The number of hydrogen-bond donors (Lipinski definition) is 1. The third-order valence-electron chi connectivity index (χ3n) is 1.01. The van der Waals surface area contributed by atoms with E-state index in [1.807, 2.05) is 12.1 Å². The normalized spacial score (nSPS) is 25.3. The van der Waals surface area contributed by atoms with Gasteiger partial charge in [-0.15, -0.1) is 0 Å². The van der Waals surface area contributed by atoms with Crippen LogP contribution in [0.1, 0.15) is 0 Å². The van der Waals surface area contributed by atoms with Gasteiger partial charge in [-0.25, -0.2) is 10.4 Å². The van der Waals surface area contributed by atoms with E-state index in [9.17, 15) is 0 Å². The van der Waals surface area contributed by atoms with E-state index in [1.54, 1.807) is 0 Å². The van der Waals surface area contributed by atoms with Crippen molar-refractivity contribution in [2.45, 2.75) is 0 Å². The van der Waals surface area contributed by atoms with Gasteiger partial charge in [0.2, 0.25) is 0 Å². The zero-order valence-electron chi connectivity index (χ0n) is 4.48. The van der Waals surface area contributed by atoms with Gasteiger partial charge in [-0.2, -0.15) is 0 Å². The van der Waals surface area contributed by atoms with E-state index in [2.05, 4.69) is 5.43 Å². The summed E-state index contributed by atoms with van der Waals surface area (Å²) in [6, 6.07) is 0. The summed E-state index contributed by atoms with van der Waals surface area (Å²) < 4.78 is 4.99. The zero-order valence-corrected chi connectivity index (χ0v) is 4.48. The highest BCUT2D eigenvalue weighted by Gasteiger charge is 2.00. The average molecular weight is 102 g/mol. The summed E-state index contributed by atoms with van der Waals surface area (Å²) in [7, 11) is 2.00. The zero-order chi connectivity index (χ0) is 5.11. The van der Waals surface area contributed by atoms with Crippen LogP contribution in [0.4, 0.5) is 0 Å². The van der Waals surface area contributed by atoms with E-state index in [0.717, 1.165) is 13.2 Å². The summed E-state index contributed by atoms with van der Waals surface area (Å²) >= 11 is 0. The van der Waals surface area contributed by atoms with Crippen molar-refractivity contribution in [3.8, 4) is 0 Å². The second kappa shape index (κ2) is 2.26. The Morgan fingerprint density at radius 3 is 2.86 bits per heavy atom. The van der Waals surface area contributed by atoms with Crippen LogP contribution >= 0.6 is 0 Å². The number of nitrogens with zero attached hydrogens (tertiary/aromatic N) is 1. The van der Waals surface area contributed by atoms with Gasteiger partial charge in [0.15, 0.2) is 0 Å².